The van der Waals surface area contributed by atoms with Crippen LogP contribution >= 0.6 is 0 Å². The molecule has 0 spiro atoms. The van der Waals surface area contributed by atoms with E-state index in [0.717, 1.165) is 5.56 Å². The van der Waals surface area contributed by atoms with Crippen molar-refractivity contribution in [1.82, 2.24) is 44.7 Å². The molecule has 1 amide bonds. The number of amides is 1. The Balaban J connectivity index is 1.45. The molecule has 190 valence electrons. The second-order valence-electron chi connectivity index (χ2n) is 9.65. The van der Waals surface area contributed by atoms with Gasteiger partial charge in [0.2, 0.25) is 0 Å². The molecule has 0 atom stereocenters. The van der Waals surface area contributed by atoms with Gasteiger partial charge >= 0.3 is 0 Å². The van der Waals surface area contributed by atoms with Gasteiger partial charge in [0, 0.05) is 36.5 Å². The van der Waals surface area contributed by atoms with E-state index < -0.39 is 12.3 Å². The second-order valence-corrected chi connectivity index (χ2v) is 9.65. The Morgan fingerprint density at radius 1 is 1.08 bits per heavy atom. The zero-order valence-electron chi connectivity index (χ0n) is 20.7. The van der Waals surface area contributed by atoms with E-state index in [1.54, 1.807) is 57.7 Å². The zero-order valence-corrected chi connectivity index (χ0v) is 20.7. The average molecular weight is 506 g/mol. The van der Waals surface area contributed by atoms with Crippen molar-refractivity contribution >= 4 is 11.4 Å². The molecule has 5 rings (SSSR count). The maximum atomic E-state index is 14.1. The van der Waals surface area contributed by atoms with Crippen LogP contribution in [0.1, 0.15) is 48.8 Å². The molecule has 37 heavy (non-hydrogen) atoms. The van der Waals surface area contributed by atoms with Gasteiger partial charge in [-0.1, -0.05) is 17.3 Å². The van der Waals surface area contributed by atoms with Crippen molar-refractivity contribution in [3.05, 3.63) is 72.1 Å². The minimum Gasteiger partial charge on any atom is -0.346 e. The summed E-state index contributed by atoms with van der Waals surface area (Å²) in [6, 6.07) is 6.47. The van der Waals surface area contributed by atoms with Crippen LogP contribution in [-0.4, -0.2) is 45.3 Å². The van der Waals surface area contributed by atoms with Crippen LogP contribution in [-0.2, 0) is 19.1 Å². The van der Waals surface area contributed by atoms with Gasteiger partial charge in [-0.3, -0.25) is 9.48 Å². The minimum atomic E-state index is -2.75. The van der Waals surface area contributed by atoms with Crippen LogP contribution < -0.4 is 5.32 Å². The smallest absolute Gasteiger partial charge is 0.273 e. The lowest BCUT2D eigenvalue weighted by Gasteiger charge is -2.17. The summed E-state index contributed by atoms with van der Waals surface area (Å²) in [5, 5.41) is 19.0. The third-order valence-electron chi connectivity index (χ3n) is 5.90. The number of halogens is 2. The molecule has 12 heteroatoms. The molecule has 0 aliphatic heterocycles. The number of hydrogen-bond donors (Lipinski definition) is 1. The fourth-order valence-electron chi connectivity index (χ4n) is 3.90. The van der Waals surface area contributed by atoms with Crippen molar-refractivity contribution in [3.8, 4) is 22.5 Å². The molecular weight excluding hydrogens is 480 g/mol. The van der Waals surface area contributed by atoms with Gasteiger partial charge in [0.1, 0.15) is 0 Å². The van der Waals surface area contributed by atoms with E-state index in [2.05, 4.69) is 25.8 Å². The van der Waals surface area contributed by atoms with Crippen molar-refractivity contribution in [2.75, 3.05) is 0 Å². The fourth-order valence-corrected chi connectivity index (χ4v) is 3.90. The predicted molar refractivity (Wildman–Crippen MR) is 132 cm³/mol. The number of aromatic nitrogens is 8. The summed E-state index contributed by atoms with van der Waals surface area (Å²) in [7, 11) is 1.80. The average Bonchev–Trinajstić information content (AvgIpc) is 3.61. The molecule has 4 heterocycles. The molecule has 1 aromatic carbocycles. The van der Waals surface area contributed by atoms with Gasteiger partial charge in [-0.2, -0.15) is 10.2 Å². The Hall–Kier alpha value is -4.48. The van der Waals surface area contributed by atoms with Crippen LogP contribution in [0.15, 0.2) is 55.2 Å². The maximum absolute atomic E-state index is 14.1. The number of fused-ring (bicyclic) bond motifs is 1. The van der Waals surface area contributed by atoms with Gasteiger partial charge in [0.15, 0.2) is 5.69 Å². The SMILES string of the molecule is Cn1cc(-c2cn3nccc3c(-c3ccc(CNC(=O)c4cn(C(C)(C)C)nn4)c(C(F)F)c3)n2)cn1. The predicted octanol–water partition coefficient (Wildman–Crippen LogP) is 4.01. The van der Waals surface area contributed by atoms with Crippen molar-refractivity contribution in [3.63, 3.8) is 0 Å². The summed E-state index contributed by atoms with van der Waals surface area (Å²) in [6.45, 7) is 5.70. The van der Waals surface area contributed by atoms with Crippen LogP contribution in [0, 0.1) is 0 Å². The first-order valence-electron chi connectivity index (χ1n) is 11.6. The fraction of sp³-hybridized carbons (Fsp3) is 0.280. The lowest BCUT2D eigenvalue weighted by atomic mass is 10.0. The van der Waals surface area contributed by atoms with Crippen molar-refractivity contribution < 1.29 is 13.6 Å². The second kappa shape index (κ2) is 9.19. The number of hydrogen-bond acceptors (Lipinski definition) is 6. The van der Waals surface area contributed by atoms with E-state index in [1.165, 1.54) is 12.3 Å². The molecule has 0 bridgehead atoms. The number of alkyl halides is 2. The van der Waals surface area contributed by atoms with Gasteiger partial charge in [-0.25, -0.2) is 23.0 Å². The van der Waals surface area contributed by atoms with Gasteiger partial charge in [-0.05, 0) is 38.5 Å². The molecule has 1 N–H and O–H groups in total. The van der Waals surface area contributed by atoms with E-state index in [0.29, 0.717) is 28.0 Å². The van der Waals surface area contributed by atoms with E-state index in [-0.39, 0.29) is 23.3 Å². The highest BCUT2D eigenvalue weighted by Crippen LogP contribution is 2.31. The van der Waals surface area contributed by atoms with Crippen molar-refractivity contribution in [2.45, 2.75) is 39.3 Å². The first-order valence-corrected chi connectivity index (χ1v) is 11.6. The molecule has 0 saturated carbocycles. The zero-order chi connectivity index (χ0) is 26.3. The molecule has 4 aromatic heterocycles. The normalized spacial score (nSPS) is 12.0. The van der Waals surface area contributed by atoms with E-state index >= 15 is 0 Å². The summed E-state index contributed by atoms with van der Waals surface area (Å²) >= 11 is 0. The van der Waals surface area contributed by atoms with Gasteiger partial charge in [0.25, 0.3) is 12.3 Å². The van der Waals surface area contributed by atoms with Crippen LogP contribution in [0.25, 0.3) is 28.0 Å². The summed E-state index contributed by atoms with van der Waals surface area (Å²) in [5.41, 5.74) is 2.96. The van der Waals surface area contributed by atoms with Gasteiger partial charge in [-0.15, -0.1) is 5.10 Å². The topological polar surface area (TPSA) is 108 Å². The standard InChI is InChI=1S/C25H25F2N9O/c1-25(2,3)36-14-20(32-33-36)24(37)28-10-16-6-5-15(9-18(16)23(26)27)22-21-7-8-29-35(21)13-19(31-22)17-11-30-34(4)12-17/h5-9,11-14,23H,10H2,1-4H3,(H,28,37). The quantitative estimate of drug-likeness (QED) is 0.374. The van der Waals surface area contributed by atoms with Gasteiger partial charge < -0.3 is 5.32 Å². The minimum absolute atomic E-state index is 0.0909. The Kier molecular flexibility index (Phi) is 6.02. The van der Waals surface area contributed by atoms with Gasteiger partial charge in [0.05, 0.1) is 47.2 Å². The Morgan fingerprint density at radius 3 is 2.57 bits per heavy atom. The number of carbonyl (C=O) groups is 1. The highest BCUT2D eigenvalue weighted by molar-refractivity contribution is 5.91. The summed E-state index contributed by atoms with van der Waals surface area (Å²) in [4.78, 5) is 17.3. The molecular formula is C25H25F2N9O. The molecule has 0 aliphatic carbocycles. The molecule has 0 unspecified atom stereocenters. The molecule has 5 aromatic rings. The number of rotatable bonds is 6. The monoisotopic (exact) mass is 505 g/mol. The van der Waals surface area contributed by atoms with Crippen molar-refractivity contribution in [1.29, 1.82) is 0 Å². The maximum Gasteiger partial charge on any atom is 0.273 e. The van der Waals surface area contributed by atoms with E-state index in [1.807, 2.05) is 27.0 Å². The van der Waals surface area contributed by atoms with Crippen LogP contribution in [0.5, 0.6) is 0 Å². The lowest BCUT2D eigenvalue weighted by molar-refractivity contribution is 0.0944. The Labute approximate surface area is 210 Å². The summed E-state index contributed by atoms with van der Waals surface area (Å²) in [6.07, 6.45) is 5.67. The van der Waals surface area contributed by atoms with Crippen LogP contribution in [0.3, 0.4) is 0 Å². The molecule has 0 saturated heterocycles. The largest absolute Gasteiger partial charge is 0.346 e. The third-order valence-corrected chi connectivity index (χ3v) is 5.90. The third kappa shape index (κ3) is 4.82. The van der Waals surface area contributed by atoms with Crippen LogP contribution in [0.2, 0.25) is 0 Å². The van der Waals surface area contributed by atoms with E-state index in [9.17, 15) is 13.6 Å². The first-order chi connectivity index (χ1) is 17.6. The van der Waals surface area contributed by atoms with E-state index in [4.69, 9.17) is 4.98 Å². The number of nitrogens with zero attached hydrogens (tertiary/aromatic N) is 8. The molecule has 0 aliphatic rings. The number of nitrogens with one attached hydrogen (secondary N) is 1. The molecule has 0 radical (unpaired) electrons. The molecule has 0 fully saturated rings. The molecule has 10 nitrogen and oxygen atoms in total. The number of carbonyl (C=O) groups excluding carboxylic acids is 1. The summed E-state index contributed by atoms with van der Waals surface area (Å²) in [5.74, 6) is -0.494. The lowest BCUT2D eigenvalue weighted by Crippen LogP contribution is -2.24. The summed E-state index contributed by atoms with van der Waals surface area (Å²) < 4.78 is 33.1. The Morgan fingerprint density at radius 2 is 1.89 bits per heavy atom. The van der Waals surface area contributed by atoms with Crippen molar-refractivity contribution in [2.24, 2.45) is 7.05 Å². The first kappa shape index (κ1) is 24.2. The highest BCUT2D eigenvalue weighted by atomic mass is 19.3. The number of aryl methyl sites for hydroxylation is 1. The Bertz CT molecular complexity index is 1590. The van der Waals surface area contributed by atoms with Crippen LogP contribution in [0.4, 0.5) is 8.78 Å². The number of benzene rings is 1. The highest BCUT2D eigenvalue weighted by Gasteiger charge is 2.21.